The van der Waals surface area contributed by atoms with Crippen LogP contribution < -0.4 is 5.73 Å². The lowest BCUT2D eigenvalue weighted by Crippen LogP contribution is -2.37. The van der Waals surface area contributed by atoms with Gasteiger partial charge in [-0.2, -0.15) is 0 Å². The number of benzene rings is 1. The molecule has 0 saturated carbocycles. The lowest BCUT2D eigenvalue weighted by atomic mass is 9.85. The van der Waals surface area contributed by atoms with Gasteiger partial charge in [-0.1, -0.05) is 44.2 Å². The molecule has 1 aliphatic heterocycles. The van der Waals surface area contributed by atoms with Crippen LogP contribution in [0.2, 0.25) is 0 Å². The summed E-state index contributed by atoms with van der Waals surface area (Å²) >= 11 is 0. The lowest BCUT2D eigenvalue weighted by Gasteiger charge is -2.26. The molecule has 1 aromatic heterocycles. The Labute approximate surface area is 167 Å². The van der Waals surface area contributed by atoms with Crippen molar-refractivity contribution in [3.05, 3.63) is 54.0 Å². The van der Waals surface area contributed by atoms with Gasteiger partial charge in [-0.05, 0) is 36.9 Å². The number of nitrogen functional groups attached to an aromatic ring is 1. The first-order valence-corrected chi connectivity index (χ1v) is 10.0. The maximum atomic E-state index is 13.0. The monoisotopic (exact) mass is 381 g/mol. The topological polar surface area (TPSA) is 75.4 Å². The molecule has 2 heterocycles. The number of rotatable bonds is 7. The SMILES string of the molecule is CC(C)[C@@H](CC(=O)N1CC[C@H](N(C)Cc2nccc(N)n2)C1)c1ccccc1. The zero-order valence-corrected chi connectivity index (χ0v) is 17.1. The van der Waals surface area contributed by atoms with E-state index in [0.717, 1.165) is 25.3 Å². The molecule has 6 heteroatoms. The minimum Gasteiger partial charge on any atom is -0.384 e. The van der Waals surface area contributed by atoms with Crippen LogP contribution in [0.25, 0.3) is 0 Å². The fraction of sp³-hybridized carbons (Fsp3) is 0.500. The zero-order valence-electron chi connectivity index (χ0n) is 17.1. The summed E-state index contributed by atoms with van der Waals surface area (Å²) in [6, 6.07) is 12.4. The molecule has 0 spiro atoms. The molecule has 6 nitrogen and oxygen atoms in total. The van der Waals surface area contributed by atoms with Crippen molar-refractivity contribution >= 4 is 11.7 Å². The molecule has 28 heavy (non-hydrogen) atoms. The third-order valence-electron chi connectivity index (χ3n) is 5.68. The molecule has 0 aliphatic carbocycles. The van der Waals surface area contributed by atoms with E-state index in [9.17, 15) is 4.79 Å². The quantitative estimate of drug-likeness (QED) is 0.798. The van der Waals surface area contributed by atoms with Crippen LogP contribution in [0.3, 0.4) is 0 Å². The van der Waals surface area contributed by atoms with Crippen molar-refractivity contribution in [2.75, 3.05) is 25.9 Å². The molecular formula is C22H31N5O. The van der Waals surface area contributed by atoms with Crippen LogP contribution in [0, 0.1) is 5.92 Å². The summed E-state index contributed by atoms with van der Waals surface area (Å²) in [7, 11) is 2.06. The Morgan fingerprint density at radius 3 is 2.71 bits per heavy atom. The molecule has 2 atom stereocenters. The molecule has 150 valence electrons. The predicted molar refractivity (Wildman–Crippen MR) is 112 cm³/mol. The van der Waals surface area contributed by atoms with E-state index in [1.165, 1.54) is 5.56 Å². The highest BCUT2D eigenvalue weighted by Crippen LogP contribution is 2.29. The van der Waals surface area contributed by atoms with E-state index in [4.69, 9.17) is 5.73 Å². The normalized spacial score (nSPS) is 18.0. The molecule has 0 bridgehead atoms. The molecule has 0 radical (unpaired) electrons. The van der Waals surface area contributed by atoms with Gasteiger partial charge in [0.05, 0.1) is 6.54 Å². The van der Waals surface area contributed by atoms with Gasteiger partial charge in [0.15, 0.2) is 0 Å². The van der Waals surface area contributed by atoms with Gasteiger partial charge in [-0.3, -0.25) is 9.69 Å². The van der Waals surface area contributed by atoms with Gasteiger partial charge < -0.3 is 10.6 Å². The average Bonchev–Trinajstić information content (AvgIpc) is 3.17. The summed E-state index contributed by atoms with van der Waals surface area (Å²) in [5, 5.41) is 0. The second-order valence-corrected chi connectivity index (χ2v) is 8.06. The van der Waals surface area contributed by atoms with E-state index in [1.54, 1.807) is 12.3 Å². The van der Waals surface area contributed by atoms with Gasteiger partial charge in [0, 0.05) is 31.7 Å². The molecule has 1 aliphatic rings. The number of nitrogens with zero attached hydrogens (tertiary/aromatic N) is 4. The molecule has 3 rings (SSSR count). The largest absolute Gasteiger partial charge is 0.384 e. The van der Waals surface area contributed by atoms with Crippen molar-refractivity contribution in [1.29, 1.82) is 0 Å². The van der Waals surface area contributed by atoms with Crippen LogP contribution in [-0.2, 0) is 11.3 Å². The molecule has 1 aromatic carbocycles. The van der Waals surface area contributed by atoms with Crippen molar-refractivity contribution in [1.82, 2.24) is 19.8 Å². The fourth-order valence-electron chi connectivity index (χ4n) is 3.93. The Morgan fingerprint density at radius 2 is 2.04 bits per heavy atom. The molecular weight excluding hydrogens is 350 g/mol. The first-order chi connectivity index (χ1) is 13.4. The molecule has 1 saturated heterocycles. The Balaban J connectivity index is 1.57. The zero-order chi connectivity index (χ0) is 20.1. The maximum Gasteiger partial charge on any atom is 0.223 e. The van der Waals surface area contributed by atoms with Gasteiger partial charge in [-0.15, -0.1) is 0 Å². The Kier molecular flexibility index (Phi) is 6.62. The van der Waals surface area contributed by atoms with E-state index >= 15 is 0 Å². The van der Waals surface area contributed by atoms with Crippen LogP contribution in [0.1, 0.15) is 44.0 Å². The first kappa shape index (κ1) is 20.3. The van der Waals surface area contributed by atoms with Crippen LogP contribution in [0.5, 0.6) is 0 Å². The molecule has 2 aromatic rings. The van der Waals surface area contributed by atoms with E-state index in [2.05, 4.69) is 60.0 Å². The third kappa shape index (κ3) is 5.07. The summed E-state index contributed by atoms with van der Waals surface area (Å²) in [5.74, 6) is 2.14. The number of amides is 1. The van der Waals surface area contributed by atoms with Crippen LogP contribution in [0.4, 0.5) is 5.82 Å². The van der Waals surface area contributed by atoms with Crippen LogP contribution in [-0.4, -0.2) is 51.9 Å². The van der Waals surface area contributed by atoms with Crippen LogP contribution in [0.15, 0.2) is 42.6 Å². The van der Waals surface area contributed by atoms with Crippen molar-refractivity contribution in [2.45, 2.75) is 45.2 Å². The minimum absolute atomic E-state index is 0.249. The Morgan fingerprint density at radius 1 is 1.29 bits per heavy atom. The molecule has 0 unspecified atom stereocenters. The summed E-state index contributed by atoms with van der Waals surface area (Å²) in [4.78, 5) is 25.8. The number of likely N-dealkylation sites (N-methyl/N-ethyl adjacent to an activating group) is 1. The van der Waals surface area contributed by atoms with Crippen molar-refractivity contribution in [2.24, 2.45) is 5.92 Å². The number of hydrogen-bond acceptors (Lipinski definition) is 5. The number of nitrogens with two attached hydrogens (primary N) is 1. The summed E-state index contributed by atoms with van der Waals surface area (Å²) in [5.41, 5.74) is 6.99. The first-order valence-electron chi connectivity index (χ1n) is 10.0. The van der Waals surface area contributed by atoms with Gasteiger partial charge in [0.2, 0.25) is 5.91 Å². The van der Waals surface area contributed by atoms with Crippen molar-refractivity contribution in [3.8, 4) is 0 Å². The highest BCUT2D eigenvalue weighted by molar-refractivity contribution is 5.77. The predicted octanol–water partition coefficient (Wildman–Crippen LogP) is 2.92. The van der Waals surface area contributed by atoms with E-state index < -0.39 is 0 Å². The Bertz CT molecular complexity index is 780. The molecule has 2 N–H and O–H groups in total. The average molecular weight is 382 g/mol. The van der Waals surface area contributed by atoms with Gasteiger partial charge in [-0.25, -0.2) is 9.97 Å². The van der Waals surface area contributed by atoms with Crippen molar-refractivity contribution < 1.29 is 4.79 Å². The standard InChI is InChI=1S/C22H31N5O/c1-16(2)19(17-7-5-4-6-8-17)13-22(28)27-12-10-18(14-27)26(3)15-21-24-11-9-20(23)25-21/h4-9,11,16,18-19H,10,12-15H2,1-3H3,(H2,23,24,25)/t18-,19+/m0/s1. The number of carbonyl (C=O) groups excluding carboxylic acids is 1. The van der Waals surface area contributed by atoms with Gasteiger partial charge >= 0.3 is 0 Å². The summed E-state index contributed by atoms with van der Waals surface area (Å²) < 4.78 is 0. The number of anilines is 1. The minimum atomic E-state index is 0.249. The second kappa shape index (κ2) is 9.15. The molecule has 1 amide bonds. The smallest absolute Gasteiger partial charge is 0.223 e. The second-order valence-electron chi connectivity index (χ2n) is 8.06. The highest BCUT2D eigenvalue weighted by atomic mass is 16.2. The summed E-state index contributed by atoms with van der Waals surface area (Å²) in [6.07, 6.45) is 3.23. The number of aromatic nitrogens is 2. The van der Waals surface area contributed by atoms with Gasteiger partial charge in [0.1, 0.15) is 11.6 Å². The number of likely N-dealkylation sites (tertiary alicyclic amines) is 1. The van der Waals surface area contributed by atoms with Crippen LogP contribution >= 0.6 is 0 Å². The van der Waals surface area contributed by atoms with Gasteiger partial charge in [0.25, 0.3) is 0 Å². The van der Waals surface area contributed by atoms with E-state index in [1.807, 2.05) is 11.0 Å². The third-order valence-corrected chi connectivity index (χ3v) is 5.68. The van der Waals surface area contributed by atoms with Crippen molar-refractivity contribution in [3.63, 3.8) is 0 Å². The fourth-order valence-corrected chi connectivity index (χ4v) is 3.93. The van der Waals surface area contributed by atoms with E-state index in [-0.39, 0.29) is 11.8 Å². The number of carbonyl (C=O) groups is 1. The highest BCUT2D eigenvalue weighted by Gasteiger charge is 2.31. The summed E-state index contributed by atoms with van der Waals surface area (Å²) in [6.45, 7) is 6.59. The maximum absolute atomic E-state index is 13.0. The lowest BCUT2D eigenvalue weighted by molar-refractivity contribution is -0.131. The molecule has 1 fully saturated rings. The van der Waals surface area contributed by atoms with E-state index in [0.29, 0.717) is 30.7 Å². The number of hydrogen-bond donors (Lipinski definition) is 1. The Hall–Kier alpha value is -2.47.